The van der Waals surface area contributed by atoms with Crippen LogP contribution in [0.1, 0.15) is 36.9 Å². The number of ether oxygens (including phenoxy) is 4. The number of hydrogen-bond acceptors (Lipinski definition) is 10. The molecule has 1 aromatic carbocycles. The van der Waals surface area contributed by atoms with Gasteiger partial charge in [-0.1, -0.05) is 29.8 Å². The van der Waals surface area contributed by atoms with E-state index in [0.29, 0.717) is 23.1 Å². The number of aromatic nitrogens is 4. The molecule has 5 rings (SSSR count). The maximum absolute atomic E-state index is 12.4. The van der Waals surface area contributed by atoms with Crippen molar-refractivity contribution in [2.45, 2.75) is 44.3 Å². The number of halogens is 1. The molecular weight excluding hydrogens is 480 g/mol. The van der Waals surface area contributed by atoms with Crippen LogP contribution in [0.3, 0.4) is 0 Å². The maximum Gasteiger partial charge on any atom is 0.338 e. The van der Waals surface area contributed by atoms with Crippen LogP contribution in [-0.2, 0) is 28.5 Å². The van der Waals surface area contributed by atoms with Crippen LogP contribution in [0.5, 0.6) is 0 Å². The van der Waals surface area contributed by atoms with Gasteiger partial charge in [-0.25, -0.2) is 19.7 Å². The highest BCUT2D eigenvalue weighted by Gasteiger charge is 2.72. The molecule has 2 fully saturated rings. The number of carbonyl (C=O) groups is 3. The minimum absolute atomic E-state index is 0.0314. The van der Waals surface area contributed by atoms with Gasteiger partial charge in [-0.2, -0.15) is 0 Å². The van der Waals surface area contributed by atoms with Crippen LogP contribution in [0.15, 0.2) is 43.0 Å². The van der Waals surface area contributed by atoms with E-state index in [4.69, 9.17) is 30.5 Å². The minimum atomic E-state index is -1.03. The van der Waals surface area contributed by atoms with E-state index in [9.17, 15) is 14.4 Å². The second-order valence-corrected chi connectivity index (χ2v) is 8.78. The molecular formula is C23H21ClN4O7. The van der Waals surface area contributed by atoms with E-state index in [-0.39, 0.29) is 17.7 Å². The lowest BCUT2D eigenvalue weighted by Gasteiger charge is -2.24. The summed E-state index contributed by atoms with van der Waals surface area (Å²) in [5.41, 5.74) is 0.0936. The van der Waals surface area contributed by atoms with Crippen LogP contribution in [0.25, 0.3) is 11.2 Å². The number of benzene rings is 1. The normalized spacial score (nSPS) is 27.1. The lowest BCUT2D eigenvalue weighted by atomic mass is 10.1. The molecule has 2 aromatic heterocycles. The molecule has 2 unspecified atom stereocenters. The number of fused-ring (bicyclic) bond motifs is 1. The highest BCUT2D eigenvalue weighted by atomic mass is 35.5. The van der Waals surface area contributed by atoms with Gasteiger partial charge in [-0.15, -0.1) is 0 Å². The van der Waals surface area contributed by atoms with Crippen LogP contribution in [0.4, 0.5) is 0 Å². The van der Waals surface area contributed by atoms with Crippen LogP contribution in [0.2, 0.25) is 5.15 Å². The van der Waals surface area contributed by atoms with E-state index < -0.39 is 41.9 Å². The van der Waals surface area contributed by atoms with Crippen molar-refractivity contribution < 1.29 is 33.3 Å². The fourth-order valence-electron chi connectivity index (χ4n) is 4.52. The molecule has 1 aliphatic heterocycles. The molecule has 35 heavy (non-hydrogen) atoms. The molecule has 3 aromatic rings. The molecule has 1 saturated carbocycles. The number of rotatable bonds is 6. The summed E-state index contributed by atoms with van der Waals surface area (Å²) in [5, 5.41) is 0.152. The largest absolute Gasteiger partial charge is 0.462 e. The summed E-state index contributed by atoms with van der Waals surface area (Å²) in [6, 6.07) is 8.60. The lowest BCUT2D eigenvalue weighted by molar-refractivity contribution is -0.166. The van der Waals surface area contributed by atoms with Crippen LogP contribution >= 0.6 is 11.6 Å². The van der Waals surface area contributed by atoms with Gasteiger partial charge in [0.2, 0.25) is 0 Å². The molecule has 0 radical (unpaired) electrons. The summed E-state index contributed by atoms with van der Waals surface area (Å²) < 4.78 is 24.7. The Hall–Kier alpha value is -3.57. The zero-order chi connectivity index (χ0) is 24.7. The van der Waals surface area contributed by atoms with Gasteiger partial charge in [0, 0.05) is 19.8 Å². The average Bonchev–Trinajstić information content (AvgIpc) is 3.22. The lowest BCUT2D eigenvalue weighted by Crippen LogP contribution is -2.41. The van der Waals surface area contributed by atoms with Gasteiger partial charge in [-0.3, -0.25) is 14.2 Å². The third-order valence-electron chi connectivity index (χ3n) is 6.11. The predicted octanol–water partition coefficient (Wildman–Crippen LogP) is 2.49. The molecule has 12 heteroatoms. The Kier molecular flexibility index (Phi) is 5.89. The highest BCUT2D eigenvalue weighted by Crippen LogP contribution is 2.59. The SMILES string of the molecule is CC(=O)OC1[C@H](OC(C)=O)C(n2cnc3c(Cl)ncnc32)O[C@]12C[C@@H]2COC(=O)c1ccccc1. The first kappa shape index (κ1) is 23.2. The van der Waals surface area contributed by atoms with E-state index in [2.05, 4.69) is 15.0 Å². The smallest absolute Gasteiger partial charge is 0.338 e. The first-order chi connectivity index (χ1) is 16.8. The van der Waals surface area contributed by atoms with Gasteiger partial charge < -0.3 is 18.9 Å². The summed E-state index contributed by atoms with van der Waals surface area (Å²) in [7, 11) is 0. The molecule has 1 saturated heterocycles. The Bertz CT molecular complexity index is 1300. The fraction of sp³-hybridized carbons (Fsp3) is 0.391. The summed E-state index contributed by atoms with van der Waals surface area (Å²) in [4.78, 5) is 48.8. The fourth-order valence-corrected chi connectivity index (χ4v) is 4.70. The molecule has 0 N–H and O–H groups in total. The Labute approximate surface area is 204 Å². The third kappa shape index (κ3) is 4.21. The van der Waals surface area contributed by atoms with Gasteiger partial charge in [0.15, 0.2) is 29.2 Å². The van der Waals surface area contributed by atoms with Gasteiger partial charge in [0.1, 0.15) is 17.4 Å². The number of carbonyl (C=O) groups excluding carboxylic acids is 3. The molecule has 1 spiro atoms. The van der Waals surface area contributed by atoms with Gasteiger partial charge >= 0.3 is 17.9 Å². The minimum Gasteiger partial charge on any atom is -0.462 e. The second kappa shape index (κ2) is 8.90. The second-order valence-electron chi connectivity index (χ2n) is 8.42. The predicted molar refractivity (Wildman–Crippen MR) is 119 cm³/mol. The first-order valence-electron chi connectivity index (χ1n) is 10.9. The van der Waals surface area contributed by atoms with Crippen molar-refractivity contribution in [3.8, 4) is 0 Å². The molecule has 2 aliphatic rings. The number of nitrogens with zero attached hydrogens (tertiary/aromatic N) is 4. The Morgan fingerprint density at radius 1 is 1.11 bits per heavy atom. The maximum atomic E-state index is 12.4. The van der Waals surface area contributed by atoms with Crippen LogP contribution in [0, 0.1) is 5.92 Å². The molecule has 5 atom stereocenters. The summed E-state index contributed by atoms with van der Waals surface area (Å²) in [6.07, 6.45) is 0.281. The van der Waals surface area contributed by atoms with E-state index >= 15 is 0 Å². The van der Waals surface area contributed by atoms with Crippen molar-refractivity contribution in [1.82, 2.24) is 19.5 Å². The molecule has 1 aliphatic carbocycles. The summed E-state index contributed by atoms with van der Waals surface area (Å²) in [5.74, 6) is -1.92. The van der Waals surface area contributed by atoms with Gasteiger partial charge in [0.25, 0.3) is 0 Å². The van der Waals surface area contributed by atoms with E-state index in [1.54, 1.807) is 34.9 Å². The zero-order valence-electron chi connectivity index (χ0n) is 18.8. The standard InChI is InChI=1S/C23H21ClN4O7/c1-12(29)33-17-18(34-13(2)30)23(8-15(23)9-32-22(31)14-6-4-3-5-7-14)35-21(17)28-11-27-16-19(24)25-10-26-20(16)28/h3-7,10-11,15,17-18,21H,8-9H2,1-2H3/t15-,17+,18?,21?,23+/m1/s1. The van der Waals surface area contributed by atoms with Crippen molar-refractivity contribution in [3.63, 3.8) is 0 Å². The Balaban J connectivity index is 1.44. The average molecular weight is 501 g/mol. The van der Waals surface area contributed by atoms with E-state index in [0.717, 1.165) is 0 Å². The van der Waals surface area contributed by atoms with Crippen molar-refractivity contribution in [2.24, 2.45) is 5.92 Å². The summed E-state index contributed by atoms with van der Waals surface area (Å²) in [6.45, 7) is 2.55. The third-order valence-corrected chi connectivity index (χ3v) is 6.38. The highest BCUT2D eigenvalue weighted by molar-refractivity contribution is 6.33. The molecule has 0 amide bonds. The molecule has 0 bridgehead atoms. The number of esters is 3. The van der Waals surface area contributed by atoms with Crippen LogP contribution < -0.4 is 0 Å². The van der Waals surface area contributed by atoms with Crippen molar-refractivity contribution >= 4 is 40.7 Å². The van der Waals surface area contributed by atoms with Gasteiger partial charge in [0.05, 0.1) is 18.5 Å². The quantitative estimate of drug-likeness (QED) is 0.282. The Morgan fingerprint density at radius 3 is 2.57 bits per heavy atom. The van der Waals surface area contributed by atoms with E-state index in [1.807, 2.05) is 0 Å². The van der Waals surface area contributed by atoms with Crippen molar-refractivity contribution in [1.29, 1.82) is 0 Å². The monoisotopic (exact) mass is 500 g/mol. The summed E-state index contributed by atoms with van der Waals surface area (Å²) >= 11 is 6.14. The zero-order valence-corrected chi connectivity index (χ0v) is 19.5. The molecule has 11 nitrogen and oxygen atoms in total. The van der Waals surface area contributed by atoms with E-state index in [1.165, 1.54) is 26.5 Å². The number of hydrogen-bond donors (Lipinski definition) is 0. The van der Waals surface area contributed by atoms with Crippen LogP contribution in [-0.4, -0.2) is 61.8 Å². The van der Waals surface area contributed by atoms with Gasteiger partial charge in [-0.05, 0) is 18.6 Å². The Morgan fingerprint density at radius 2 is 1.86 bits per heavy atom. The molecule has 182 valence electrons. The topological polar surface area (TPSA) is 132 Å². The van der Waals surface area contributed by atoms with Crippen molar-refractivity contribution in [3.05, 3.63) is 53.7 Å². The first-order valence-corrected chi connectivity index (χ1v) is 11.3. The molecule has 3 heterocycles. The number of imidazole rings is 1. The van der Waals surface area contributed by atoms with Crippen molar-refractivity contribution in [2.75, 3.05) is 6.61 Å².